The molecule has 0 aliphatic rings. The number of rotatable bonds is 4. The van der Waals surface area contributed by atoms with Gasteiger partial charge in [-0.15, -0.1) is 0 Å². The second kappa shape index (κ2) is 5.77. The topological polar surface area (TPSA) is 87.1 Å². The highest BCUT2D eigenvalue weighted by Gasteiger charge is 2.42. The van der Waals surface area contributed by atoms with Crippen molar-refractivity contribution in [1.29, 1.82) is 0 Å². The number of hydrogen-bond donors (Lipinski definition) is 2. The first-order chi connectivity index (χ1) is 8.27. The van der Waals surface area contributed by atoms with Crippen molar-refractivity contribution < 1.29 is 24.5 Å². The van der Waals surface area contributed by atoms with Crippen molar-refractivity contribution in [2.24, 2.45) is 0 Å². The zero-order chi connectivity index (χ0) is 15.6. The van der Waals surface area contributed by atoms with Crippen molar-refractivity contribution in [3.05, 3.63) is 0 Å². The van der Waals surface area contributed by atoms with Crippen LogP contribution in [0, 0.1) is 0 Å². The Hall–Kier alpha value is -1.30. The molecule has 2 N–H and O–H groups in total. The molecule has 0 saturated heterocycles. The van der Waals surface area contributed by atoms with E-state index >= 15 is 0 Å². The van der Waals surface area contributed by atoms with Crippen molar-refractivity contribution >= 4 is 12.1 Å². The molecular formula is C13H25NO5. The molecule has 0 bridgehead atoms. The van der Waals surface area contributed by atoms with E-state index < -0.39 is 35.3 Å². The SMILES string of the molecule is C[C@@H](OC(C)(C)C)[C@@H](C(=O)O)N(C(=O)O)C(C)(C)C. The number of hydrogen-bond acceptors (Lipinski definition) is 3. The van der Waals surface area contributed by atoms with Gasteiger partial charge in [-0.3, -0.25) is 4.90 Å². The van der Waals surface area contributed by atoms with Crippen LogP contribution >= 0.6 is 0 Å². The van der Waals surface area contributed by atoms with Crippen LogP contribution in [0.4, 0.5) is 4.79 Å². The van der Waals surface area contributed by atoms with Gasteiger partial charge in [-0.05, 0) is 48.5 Å². The monoisotopic (exact) mass is 275 g/mol. The van der Waals surface area contributed by atoms with E-state index in [1.807, 2.05) is 0 Å². The molecule has 0 unspecified atom stereocenters. The fourth-order valence-corrected chi connectivity index (χ4v) is 1.97. The number of ether oxygens (including phenoxy) is 1. The number of carboxylic acid groups (broad SMARTS) is 2. The smallest absolute Gasteiger partial charge is 0.408 e. The number of amides is 1. The van der Waals surface area contributed by atoms with E-state index in [2.05, 4.69) is 0 Å². The van der Waals surface area contributed by atoms with E-state index in [4.69, 9.17) is 4.74 Å². The minimum absolute atomic E-state index is 0.546. The lowest BCUT2D eigenvalue weighted by atomic mass is 10.0. The number of carboxylic acids is 1. The van der Waals surface area contributed by atoms with Gasteiger partial charge in [0.15, 0.2) is 6.04 Å². The summed E-state index contributed by atoms with van der Waals surface area (Å²) in [7, 11) is 0. The van der Waals surface area contributed by atoms with Gasteiger partial charge in [0, 0.05) is 5.54 Å². The van der Waals surface area contributed by atoms with Gasteiger partial charge in [0.2, 0.25) is 0 Å². The lowest BCUT2D eigenvalue weighted by Gasteiger charge is -2.41. The number of aliphatic carboxylic acids is 1. The Morgan fingerprint density at radius 1 is 1.05 bits per heavy atom. The Morgan fingerprint density at radius 3 is 1.68 bits per heavy atom. The summed E-state index contributed by atoms with van der Waals surface area (Å²) in [5.74, 6) is -1.21. The Balaban J connectivity index is 5.40. The molecule has 19 heavy (non-hydrogen) atoms. The summed E-state index contributed by atoms with van der Waals surface area (Å²) in [4.78, 5) is 23.7. The van der Waals surface area contributed by atoms with E-state index in [9.17, 15) is 19.8 Å². The zero-order valence-electron chi connectivity index (χ0n) is 12.7. The largest absolute Gasteiger partial charge is 0.480 e. The normalized spacial score (nSPS) is 15.7. The minimum atomic E-state index is -1.27. The molecule has 0 aliphatic heterocycles. The van der Waals surface area contributed by atoms with Crippen LogP contribution in [-0.2, 0) is 9.53 Å². The first-order valence-electron chi connectivity index (χ1n) is 6.20. The molecule has 2 atom stereocenters. The summed E-state index contributed by atoms with van der Waals surface area (Å²) < 4.78 is 5.60. The molecule has 0 aromatic heterocycles. The highest BCUT2D eigenvalue weighted by Crippen LogP contribution is 2.23. The summed E-state index contributed by atoms with van der Waals surface area (Å²) in [5.41, 5.74) is -1.38. The quantitative estimate of drug-likeness (QED) is 0.822. The van der Waals surface area contributed by atoms with Crippen molar-refractivity contribution in [3.8, 4) is 0 Å². The van der Waals surface area contributed by atoms with Gasteiger partial charge in [-0.1, -0.05) is 0 Å². The predicted molar refractivity (Wildman–Crippen MR) is 71.3 cm³/mol. The molecule has 0 aromatic carbocycles. The van der Waals surface area contributed by atoms with Crippen LogP contribution in [0.15, 0.2) is 0 Å². The standard InChI is InChI=1S/C13H25NO5/c1-8(19-13(5,6)7)9(10(15)16)14(11(17)18)12(2,3)4/h8-9H,1-7H3,(H,15,16)(H,17,18)/t8-,9+/m1/s1. The van der Waals surface area contributed by atoms with E-state index in [0.29, 0.717) is 0 Å². The molecule has 0 heterocycles. The van der Waals surface area contributed by atoms with Crippen LogP contribution in [0.2, 0.25) is 0 Å². The fourth-order valence-electron chi connectivity index (χ4n) is 1.97. The molecule has 0 radical (unpaired) electrons. The molecule has 0 spiro atoms. The Bertz CT molecular complexity index is 340. The second-order valence-corrected chi connectivity index (χ2v) is 6.54. The Labute approximate surface area is 114 Å². The molecular weight excluding hydrogens is 250 g/mol. The summed E-state index contributed by atoms with van der Waals surface area (Å²) in [6.07, 6.45) is -2.03. The summed E-state index contributed by atoms with van der Waals surface area (Å²) in [6.45, 7) is 11.9. The molecule has 1 amide bonds. The van der Waals surface area contributed by atoms with Gasteiger partial charge in [0.1, 0.15) is 0 Å². The van der Waals surface area contributed by atoms with Crippen LogP contribution in [0.25, 0.3) is 0 Å². The lowest BCUT2D eigenvalue weighted by molar-refractivity contribution is -0.157. The summed E-state index contributed by atoms with van der Waals surface area (Å²) in [6, 6.07) is -1.25. The first-order valence-corrected chi connectivity index (χ1v) is 6.20. The first kappa shape index (κ1) is 17.7. The molecule has 6 nitrogen and oxygen atoms in total. The number of carbonyl (C=O) groups is 2. The van der Waals surface area contributed by atoms with E-state index in [-0.39, 0.29) is 0 Å². The fraction of sp³-hybridized carbons (Fsp3) is 0.846. The van der Waals surface area contributed by atoms with E-state index in [1.165, 1.54) is 0 Å². The summed E-state index contributed by atoms with van der Waals surface area (Å²) >= 11 is 0. The maximum Gasteiger partial charge on any atom is 0.408 e. The average molecular weight is 275 g/mol. The predicted octanol–water partition coefficient (Wildman–Crippen LogP) is 2.42. The Kier molecular flexibility index (Phi) is 5.38. The molecule has 6 heteroatoms. The van der Waals surface area contributed by atoms with Gasteiger partial charge in [-0.2, -0.15) is 0 Å². The Morgan fingerprint density at radius 2 is 1.47 bits per heavy atom. The van der Waals surface area contributed by atoms with Gasteiger partial charge >= 0.3 is 12.1 Å². The highest BCUT2D eigenvalue weighted by molar-refractivity contribution is 5.80. The third-order valence-electron chi connectivity index (χ3n) is 2.44. The van der Waals surface area contributed by atoms with Crippen molar-refractivity contribution in [2.45, 2.75) is 71.8 Å². The van der Waals surface area contributed by atoms with Crippen molar-refractivity contribution in [1.82, 2.24) is 4.90 Å². The average Bonchev–Trinajstić information content (AvgIpc) is 2.06. The second-order valence-electron chi connectivity index (χ2n) is 6.54. The summed E-state index contributed by atoms with van der Waals surface area (Å²) in [5, 5.41) is 18.6. The lowest BCUT2D eigenvalue weighted by Crippen LogP contribution is -2.59. The molecule has 0 saturated carbocycles. The maximum absolute atomic E-state index is 11.4. The van der Waals surface area contributed by atoms with Gasteiger partial charge < -0.3 is 14.9 Å². The molecule has 0 aromatic rings. The van der Waals surface area contributed by atoms with Gasteiger partial charge in [0.05, 0.1) is 11.7 Å². The van der Waals surface area contributed by atoms with Gasteiger partial charge in [-0.25, -0.2) is 9.59 Å². The zero-order valence-corrected chi connectivity index (χ0v) is 12.7. The van der Waals surface area contributed by atoms with E-state index in [1.54, 1.807) is 48.5 Å². The van der Waals surface area contributed by atoms with Crippen LogP contribution in [-0.4, -0.2) is 50.5 Å². The molecule has 0 rings (SSSR count). The van der Waals surface area contributed by atoms with Crippen LogP contribution in [0.1, 0.15) is 48.5 Å². The van der Waals surface area contributed by atoms with E-state index in [0.717, 1.165) is 4.90 Å². The number of nitrogens with zero attached hydrogens (tertiary/aromatic N) is 1. The third-order valence-corrected chi connectivity index (χ3v) is 2.44. The highest BCUT2D eigenvalue weighted by atomic mass is 16.5. The van der Waals surface area contributed by atoms with Crippen molar-refractivity contribution in [3.63, 3.8) is 0 Å². The maximum atomic E-state index is 11.4. The molecule has 0 aliphatic carbocycles. The molecule has 112 valence electrons. The molecule has 0 fully saturated rings. The minimum Gasteiger partial charge on any atom is -0.480 e. The van der Waals surface area contributed by atoms with Gasteiger partial charge in [0.25, 0.3) is 0 Å². The van der Waals surface area contributed by atoms with Crippen molar-refractivity contribution in [2.75, 3.05) is 0 Å². The third kappa shape index (κ3) is 5.46. The van der Waals surface area contributed by atoms with Crippen LogP contribution in [0.3, 0.4) is 0 Å². The van der Waals surface area contributed by atoms with Crippen LogP contribution < -0.4 is 0 Å². The van der Waals surface area contributed by atoms with Crippen LogP contribution in [0.5, 0.6) is 0 Å².